The molecule has 76 valence electrons. The molecule has 2 rings (SSSR count). The van der Waals surface area contributed by atoms with E-state index in [4.69, 9.17) is 10.2 Å². The Balaban J connectivity index is 2.12. The highest BCUT2D eigenvalue weighted by molar-refractivity contribution is 5.95. The van der Waals surface area contributed by atoms with Crippen molar-refractivity contribution in [3.05, 3.63) is 17.9 Å². The minimum atomic E-state index is -0.143. The fraction of sp³-hybridized carbons (Fsp3) is 0.500. The third-order valence-electron chi connectivity index (χ3n) is 2.47. The Bertz CT molecular complexity index is 327. The van der Waals surface area contributed by atoms with Gasteiger partial charge in [-0.15, -0.1) is 0 Å². The van der Waals surface area contributed by atoms with E-state index in [9.17, 15) is 4.79 Å². The predicted molar refractivity (Wildman–Crippen MR) is 53.5 cm³/mol. The minimum absolute atomic E-state index is 0.00690. The Morgan fingerprint density at radius 2 is 2.14 bits per heavy atom. The van der Waals surface area contributed by atoms with Crippen molar-refractivity contribution < 1.29 is 9.21 Å². The van der Waals surface area contributed by atoms with E-state index in [2.05, 4.69) is 4.90 Å². The standard InChI is InChI=1S/C10H14N2O2/c11-7-8(13)9-3-4-10(14-9)12-5-1-2-6-12/h3-4H,1-2,5-7,11H2. The van der Waals surface area contributed by atoms with Gasteiger partial charge in [0.15, 0.2) is 11.6 Å². The molecule has 4 nitrogen and oxygen atoms in total. The van der Waals surface area contributed by atoms with Crippen LogP contribution in [0.25, 0.3) is 0 Å². The van der Waals surface area contributed by atoms with E-state index in [-0.39, 0.29) is 12.3 Å². The molecule has 2 N–H and O–H groups in total. The van der Waals surface area contributed by atoms with Crippen molar-refractivity contribution >= 4 is 11.7 Å². The average molecular weight is 194 g/mol. The van der Waals surface area contributed by atoms with Gasteiger partial charge in [0.1, 0.15) is 0 Å². The van der Waals surface area contributed by atoms with Gasteiger partial charge in [-0.3, -0.25) is 4.79 Å². The molecule has 0 aromatic carbocycles. The quantitative estimate of drug-likeness (QED) is 0.730. The lowest BCUT2D eigenvalue weighted by molar-refractivity contribution is 0.0975. The molecule has 1 fully saturated rings. The second-order valence-corrected chi connectivity index (χ2v) is 3.46. The summed E-state index contributed by atoms with van der Waals surface area (Å²) in [6.07, 6.45) is 2.39. The summed E-state index contributed by atoms with van der Waals surface area (Å²) in [5.41, 5.74) is 5.24. The third-order valence-corrected chi connectivity index (χ3v) is 2.47. The van der Waals surface area contributed by atoms with Gasteiger partial charge in [-0.2, -0.15) is 0 Å². The molecule has 0 amide bonds. The number of nitrogens with zero attached hydrogens (tertiary/aromatic N) is 1. The molecule has 1 aliphatic rings. The van der Waals surface area contributed by atoms with E-state index in [0.717, 1.165) is 19.0 Å². The summed E-state index contributed by atoms with van der Waals surface area (Å²) in [5.74, 6) is 1.02. The molecule has 0 bridgehead atoms. The van der Waals surface area contributed by atoms with Gasteiger partial charge >= 0.3 is 0 Å². The van der Waals surface area contributed by atoms with E-state index in [1.807, 2.05) is 6.07 Å². The first-order valence-electron chi connectivity index (χ1n) is 4.89. The van der Waals surface area contributed by atoms with Crippen molar-refractivity contribution in [2.45, 2.75) is 12.8 Å². The summed E-state index contributed by atoms with van der Waals surface area (Å²) >= 11 is 0. The van der Waals surface area contributed by atoms with Crippen LogP contribution in [0.5, 0.6) is 0 Å². The number of hydrogen-bond donors (Lipinski definition) is 1. The lowest BCUT2D eigenvalue weighted by Gasteiger charge is -2.12. The second kappa shape index (κ2) is 3.84. The van der Waals surface area contributed by atoms with Crippen LogP contribution in [0.4, 0.5) is 5.88 Å². The smallest absolute Gasteiger partial charge is 0.211 e. The molecule has 0 aliphatic carbocycles. The number of carbonyl (C=O) groups excluding carboxylic acids is 1. The van der Waals surface area contributed by atoms with Crippen LogP contribution in [0, 0.1) is 0 Å². The number of anilines is 1. The number of Topliss-reactive ketones (excluding diaryl/α,β-unsaturated/α-hetero) is 1. The van der Waals surface area contributed by atoms with E-state index < -0.39 is 0 Å². The fourth-order valence-electron chi connectivity index (χ4n) is 1.69. The lowest BCUT2D eigenvalue weighted by atomic mass is 10.3. The third kappa shape index (κ3) is 1.65. The minimum Gasteiger partial charge on any atom is -0.437 e. The topological polar surface area (TPSA) is 59.5 Å². The lowest BCUT2D eigenvalue weighted by Crippen LogP contribution is -2.17. The number of carbonyl (C=O) groups is 1. The molecule has 0 radical (unpaired) electrons. The predicted octanol–water partition coefficient (Wildman–Crippen LogP) is 1.02. The van der Waals surface area contributed by atoms with Crippen molar-refractivity contribution in [1.29, 1.82) is 0 Å². The Morgan fingerprint density at radius 3 is 2.79 bits per heavy atom. The van der Waals surface area contributed by atoms with Crippen LogP contribution in [0.3, 0.4) is 0 Å². The summed E-state index contributed by atoms with van der Waals surface area (Å²) in [6, 6.07) is 3.54. The van der Waals surface area contributed by atoms with Crippen molar-refractivity contribution in [3.8, 4) is 0 Å². The zero-order valence-electron chi connectivity index (χ0n) is 8.03. The molecular formula is C10H14N2O2. The summed E-state index contributed by atoms with van der Waals surface area (Å²) in [5, 5.41) is 0. The first-order valence-corrected chi connectivity index (χ1v) is 4.89. The molecule has 0 spiro atoms. The summed E-state index contributed by atoms with van der Waals surface area (Å²) in [6.45, 7) is 2.04. The van der Waals surface area contributed by atoms with Gasteiger partial charge in [0.25, 0.3) is 0 Å². The normalized spacial score (nSPS) is 16.2. The van der Waals surface area contributed by atoms with Gasteiger partial charge in [-0.05, 0) is 18.9 Å². The van der Waals surface area contributed by atoms with Crippen LogP contribution in [0.2, 0.25) is 0 Å². The van der Waals surface area contributed by atoms with Crippen LogP contribution in [0.1, 0.15) is 23.4 Å². The molecule has 1 aromatic rings. The van der Waals surface area contributed by atoms with E-state index >= 15 is 0 Å². The van der Waals surface area contributed by atoms with Gasteiger partial charge in [-0.25, -0.2) is 0 Å². The zero-order valence-corrected chi connectivity index (χ0v) is 8.03. The maximum absolute atomic E-state index is 11.2. The monoisotopic (exact) mass is 194 g/mol. The molecule has 0 unspecified atom stereocenters. The van der Waals surface area contributed by atoms with Gasteiger partial charge in [0, 0.05) is 19.2 Å². The SMILES string of the molecule is NCC(=O)c1ccc(N2CCCC2)o1. The number of furan rings is 1. The molecule has 0 atom stereocenters. The van der Waals surface area contributed by atoms with Crippen LogP contribution in [-0.4, -0.2) is 25.4 Å². The highest BCUT2D eigenvalue weighted by atomic mass is 16.4. The molecule has 4 heteroatoms. The Morgan fingerprint density at radius 1 is 1.43 bits per heavy atom. The second-order valence-electron chi connectivity index (χ2n) is 3.46. The van der Waals surface area contributed by atoms with Gasteiger partial charge < -0.3 is 15.1 Å². The van der Waals surface area contributed by atoms with Crippen molar-refractivity contribution in [2.24, 2.45) is 5.73 Å². The van der Waals surface area contributed by atoms with Crippen LogP contribution in [-0.2, 0) is 0 Å². The first-order chi connectivity index (χ1) is 6.81. The van der Waals surface area contributed by atoms with Gasteiger partial charge in [0.2, 0.25) is 5.78 Å². The Labute approximate surface area is 82.7 Å². The van der Waals surface area contributed by atoms with Gasteiger partial charge in [0.05, 0.1) is 6.54 Å². The summed E-state index contributed by atoms with van der Waals surface area (Å²) < 4.78 is 5.42. The number of ketones is 1. The van der Waals surface area contributed by atoms with E-state index in [1.165, 1.54) is 12.8 Å². The first kappa shape index (κ1) is 9.27. The fourth-order valence-corrected chi connectivity index (χ4v) is 1.69. The van der Waals surface area contributed by atoms with Crippen molar-refractivity contribution in [2.75, 3.05) is 24.5 Å². The molecular weight excluding hydrogens is 180 g/mol. The number of hydrogen-bond acceptors (Lipinski definition) is 4. The number of nitrogens with two attached hydrogens (primary N) is 1. The molecule has 0 saturated carbocycles. The van der Waals surface area contributed by atoms with Gasteiger partial charge in [-0.1, -0.05) is 0 Å². The van der Waals surface area contributed by atoms with E-state index in [1.54, 1.807) is 6.07 Å². The molecule has 2 heterocycles. The Hall–Kier alpha value is -1.29. The van der Waals surface area contributed by atoms with Crippen LogP contribution in [0.15, 0.2) is 16.5 Å². The average Bonchev–Trinajstić information content (AvgIpc) is 2.86. The maximum Gasteiger partial charge on any atom is 0.211 e. The molecule has 1 aromatic heterocycles. The highest BCUT2D eigenvalue weighted by Gasteiger charge is 2.17. The molecule has 1 aliphatic heterocycles. The van der Waals surface area contributed by atoms with Crippen LogP contribution < -0.4 is 10.6 Å². The highest BCUT2D eigenvalue weighted by Crippen LogP contribution is 2.22. The molecule has 1 saturated heterocycles. The Kier molecular flexibility index (Phi) is 2.54. The number of rotatable bonds is 3. The summed E-state index contributed by atoms with van der Waals surface area (Å²) in [4.78, 5) is 13.4. The summed E-state index contributed by atoms with van der Waals surface area (Å²) in [7, 11) is 0. The zero-order chi connectivity index (χ0) is 9.97. The largest absolute Gasteiger partial charge is 0.437 e. The van der Waals surface area contributed by atoms with Crippen molar-refractivity contribution in [3.63, 3.8) is 0 Å². The molecule has 14 heavy (non-hydrogen) atoms. The van der Waals surface area contributed by atoms with E-state index in [0.29, 0.717) is 5.76 Å². The van der Waals surface area contributed by atoms with Crippen molar-refractivity contribution in [1.82, 2.24) is 0 Å². The van der Waals surface area contributed by atoms with Crippen LogP contribution >= 0.6 is 0 Å². The maximum atomic E-state index is 11.2.